The van der Waals surface area contributed by atoms with Crippen LogP contribution in [0.25, 0.3) is 0 Å². The van der Waals surface area contributed by atoms with Gasteiger partial charge in [0.05, 0.1) is 6.54 Å². The van der Waals surface area contributed by atoms with E-state index in [1.807, 2.05) is 0 Å². The molecule has 1 amide bonds. The first-order valence-electron chi connectivity index (χ1n) is 4.67. The summed E-state index contributed by atoms with van der Waals surface area (Å²) >= 11 is 0. The number of carbonyl (C=O) groups excluding carboxylic acids is 1. The zero-order chi connectivity index (χ0) is 10.8. The molecule has 1 heterocycles. The number of nitrogens with zero attached hydrogens (tertiary/aromatic N) is 3. The van der Waals surface area contributed by atoms with E-state index in [1.165, 1.54) is 5.01 Å². The smallest absolute Gasteiger partial charge is 0.268 e. The summed E-state index contributed by atoms with van der Waals surface area (Å²) in [5, 5.41) is 13.9. The van der Waals surface area contributed by atoms with Crippen LogP contribution < -0.4 is 0 Å². The monoisotopic (exact) mass is 199 g/mol. The van der Waals surface area contributed by atoms with E-state index in [9.17, 15) is 4.79 Å². The summed E-state index contributed by atoms with van der Waals surface area (Å²) in [7, 11) is 0. The molecule has 1 aliphatic rings. The molecule has 1 rings (SSSR count). The van der Waals surface area contributed by atoms with E-state index in [1.54, 1.807) is 6.34 Å². The fraction of sp³-hybridized carbons (Fsp3) is 0.778. The zero-order valence-corrected chi connectivity index (χ0v) is 8.90. The Kier molecular flexibility index (Phi) is 3.10. The lowest BCUT2D eigenvalue weighted by atomic mass is 10.1. The first-order valence-corrected chi connectivity index (χ1v) is 4.67. The van der Waals surface area contributed by atoms with E-state index in [2.05, 4.69) is 30.8 Å². The number of aliphatic hydroxyl groups is 1. The summed E-state index contributed by atoms with van der Waals surface area (Å²) in [5.41, 5.74) is 0.0256. The molecule has 0 fully saturated rings. The summed E-state index contributed by atoms with van der Waals surface area (Å²) < 4.78 is 0. The Morgan fingerprint density at radius 2 is 2.14 bits per heavy atom. The van der Waals surface area contributed by atoms with E-state index >= 15 is 0 Å². The summed E-state index contributed by atoms with van der Waals surface area (Å²) in [6.07, 6.45) is 1.65. The Hall–Kier alpha value is -1.10. The molecule has 5 nitrogen and oxygen atoms in total. The van der Waals surface area contributed by atoms with E-state index < -0.39 is 6.61 Å². The van der Waals surface area contributed by atoms with Gasteiger partial charge in [0, 0.05) is 12.1 Å². The Balaban J connectivity index is 2.60. The maximum atomic E-state index is 11.1. The minimum absolute atomic E-state index is 0.0256. The van der Waals surface area contributed by atoms with Crippen LogP contribution in [0.3, 0.4) is 0 Å². The lowest BCUT2D eigenvalue weighted by molar-refractivity contribution is -0.134. The minimum Gasteiger partial charge on any atom is -0.386 e. The van der Waals surface area contributed by atoms with Crippen LogP contribution >= 0.6 is 0 Å². The molecule has 0 spiro atoms. The molecule has 0 aromatic carbocycles. The Morgan fingerprint density at radius 3 is 2.50 bits per heavy atom. The average molecular weight is 199 g/mol. The van der Waals surface area contributed by atoms with Crippen LogP contribution in [0.4, 0.5) is 0 Å². The predicted molar refractivity (Wildman–Crippen MR) is 53.7 cm³/mol. The van der Waals surface area contributed by atoms with E-state index in [4.69, 9.17) is 5.11 Å². The molecule has 0 aromatic rings. The third-order valence-corrected chi connectivity index (χ3v) is 2.17. The largest absolute Gasteiger partial charge is 0.386 e. The van der Waals surface area contributed by atoms with Gasteiger partial charge in [0.2, 0.25) is 0 Å². The number of hydrogen-bond acceptors (Lipinski definition) is 4. The standard InChI is InChI=1S/C9H17N3O2/c1-9(2,3)11-4-5-12(10-7-11)8(14)6-13/h7,13H,4-6H2,1-3H3. The summed E-state index contributed by atoms with van der Waals surface area (Å²) in [6, 6.07) is 0. The van der Waals surface area contributed by atoms with E-state index in [0.717, 1.165) is 6.54 Å². The van der Waals surface area contributed by atoms with Crippen molar-refractivity contribution >= 4 is 12.2 Å². The van der Waals surface area contributed by atoms with Crippen LogP contribution in [0.2, 0.25) is 0 Å². The van der Waals surface area contributed by atoms with E-state index in [-0.39, 0.29) is 11.4 Å². The van der Waals surface area contributed by atoms with Gasteiger partial charge in [-0.3, -0.25) is 4.79 Å². The van der Waals surface area contributed by atoms with Crippen LogP contribution in [0.15, 0.2) is 5.10 Å². The van der Waals surface area contributed by atoms with Gasteiger partial charge in [0.25, 0.3) is 5.91 Å². The van der Waals surface area contributed by atoms with Crippen LogP contribution in [-0.4, -0.2) is 52.5 Å². The van der Waals surface area contributed by atoms with Crippen LogP contribution in [-0.2, 0) is 4.79 Å². The predicted octanol–water partition coefficient (Wildman–Crippen LogP) is -0.135. The highest BCUT2D eigenvalue weighted by molar-refractivity contribution is 5.78. The van der Waals surface area contributed by atoms with Crippen LogP contribution in [0.5, 0.6) is 0 Å². The Bertz CT molecular complexity index is 245. The second-order valence-electron chi connectivity index (χ2n) is 4.27. The summed E-state index contributed by atoms with van der Waals surface area (Å²) in [5.74, 6) is -0.352. The Morgan fingerprint density at radius 1 is 1.50 bits per heavy atom. The van der Waals surface area contributed by atoms with Crippen molar-refractivity contribution in [2.75, 3.05) is 19.7 Å². The maximum absolute atomic E-state index is 11.1. The zero-order valence-electron chi connectivity index (χ0n) is 8.90. The fourth-order valence-corrected chi connectivity index (χ4v) is 1.22. The van der Waals surface area contributed by atoms with Gasteiger partial charge in [-0.05, 0) is 20.8 Å². The van der Waals surface area contributed by atoms with Gasteiger partial charge in [-0.25, -0.2) is 5.01 Å². The average Bonchev–Trinajstić information content (AvgIpc) is 2.15. The van der Waals surface area contributed by atoms with Crippen molar-refractivity contribution in [1.29, 1.82) is 0 Å². The summed E-state index contributed by atoms with van der Waals surface area (Å²) in [6.45, 7) is 7.06. The molecule has 80 valence electrons. The van der Waals surface area contributed by atoms with Crippen LogP contribution in [0.1, 0.15) is 20.8 Å². The molecule has 0 atom stereocenters. The summed E-state index contributed by atoms with van der Waals surface area (Å²) in [4.78, 5) is 13.1. The lowest BCUT2D eigenvalue weighted by Crippen LogP contribution is -2.49. The first-order chi connectivity index (χ1) is 6.45. The number of hydrogen-bond donors (Lipinski definition) is 1. The number of carbonyl (C=O) groups is 1. The number of amides is 1. The van der Waals surface area contributed by atoms with Crippen molar-refractivity contribution in [3.05, 3.63) is 0 Å². The van der Waals surface area contributed by atoms with E-state index in [0.29, 0.717) is 6.54 Å². The van der Waals surface area contributed by atoms with Gasteiger partial charge in [0.15, 0.2) is 0 Å². The minimum atomic E-state index is -0.479. The molecule has 0 aromatic heterocycles. The second kappa shape index (κ2) is 3.96. The molecule has 1 aliphatic heterocycles. The maximum Gasteiger partial charge on any atom is 0.268 e. The third-order valence-electron chi connectivity index (χ3n) is 2.17. The molecule has 0 radical (unpaired) electrons. The highest BCUT2D eigenvalue weighted by Crippen LogP contribution is 2.13. The molecule has 1 N–H and O–H groups in total. The van der Waals surface area contributed by atoms with Gasteiger partial charge >= 0.3 is 0 Å². The molecule has 5 heteroatoms. The van der Waals surface area contributed by atoms with Gasteiger partial charge in [0.1, 0.15) is 12.9 Å². The topological polar surface area (TPSA) is 56.1 Å². The second-order valence-corrected chi connectivity index (χ2v) is 4.27. The normalized spacial score (nSPS) is 17.4. The Labute approximate surface area is 84.0 Å². The first kappa shape index (κ1) is 11.0. The van der Waals surface area contributed by atoms with Gasteiger partial charge in [-0.2, -0.15) is 5.10 Å². The lowest BCUT2D eigenvalue weighted by Gasteiger charge is -2.37. The van der Waals surface area contributed by atoms with Gasteiger partial charge in [-0.1, -0.05) is 0 Å². The van der Waals surface area contributed by atoms with Crippen molar-refractivity contribution in [1.82, 2.24) is 9.91 Å². The number of rotatable bonds is 1. The number of aliphatic hydroxyl groups excluding tert-OH is 1. The third kappa shape index (κ3) is 2.45. The molecular formula is C9H17N3O2. The molecule has 0 saturated heterocycles. The molecule has 14 heavy (non-hydrogen) atoms. The number of hydrazone groups is 1. The van der Waals surface area contributed by atoms with Crippen molar-refractivity contribution in [3.63, 3.8) is 0 Å². The molecule has 0 unspecified atom stereocenters. The van der Waals surface area contributed by atoms with Crippen molar-refractivity contribution in [3.8, 4) is 0 Å². The highest BCUT2D eigenvalue weighted by Gasteiger charge is 2.23. The van der Waals surface area contributed by atoms with Crippen molar-refractivity contribution < 1.29 is 9.90 Å². The van der Waals surface area contributed by atoms with Crippen molar-refractivity contribution in [2.24, 2.45) is 5.10 Å². The van der Waals surface area contributed by atoms with Crippen LogP contribution in [0, 0.1) is 0 Å². The molecular weight excluding hydrogens is 182 g/mol. The SMILES string of the molecule is CC(C)(C)N1C=NN(C(=O)CO)CC1. The van der Waals surface area contributed by atoms with Crippen molar-refractivity contribution in [2.45, 2.75) is 26.3 Å². The fourth-order valence-electron chi connectivity index (χ4n) is 1.22. The molecule has 0 saturated carbocycles. The van der Waals surface area contributed by atoms with Gasteiger partial charge in [-0.15, -0.1) is 0 Å². The molecule has 0 bridgehead atoms. The van der Waals surface area contributed by atoms with Gasteiger partial charge < -0.3 is 10.0 Å². The highest BCUT2D eigenvalue weighted by atomic mass is 16.3. The quantitative estimate of drug-likeness (QED) is 0.639. The molecule has 0 aliphatic carbocycles.